The third-order valence-corrected chi connectivity index (χ3v) is 2.37. The zero-order valence-electron chi connectivity index (χ0n) is 8.50. The second kappa shape index (κ2) is 2.85. The highest BCUT2D eigenvalue weighted by Crippen LogP contribution is 2.22. The summed E-state index contributed by atoms with van der Waals surface area (Å²) in [6.07, 6.45) is 7.24. The van der Waals surface area contributed by atoms with Crippen molar-refractivity contribution in [3.63, 3.8) is 0 Å². The number of aromatic nitrogens is 3. The van der Waals surface area contributed by atoms with Crippen LogP contribution in [0.3, 0.4) is 0 Å². The highest BCUT2D eigenvalue weighted by molar-refractivity contribution is 5.88. The summed E-state index contributed by atoms with van der Waals surface area (Å²) in [5, 5.41) is 5.31. The predicted octanol–water partition coefficient (Wildman–Crippen LogP) is 1.57. The Morgan fingerprint density at radius 1 is 1.43 bits per heavy atom. The summed E-state index contributed by atoms with van der Waals surface area (Å²) < 4.78 is 1.79. The fourth-order valence-corrected chi connectivity index (χ4v) is 1.73. The van der Waals surface area contributed by atoms with Gasteiger partial charge in [-0.2, -0.15) is 5.10 Å². The molecule has 2 heterocycles. The van der Waals surface area contributed by atoms with E-state index in [1.54, 1.807) is 4.68 Å². The summed E-state index contributed by atoms with van der Waals surface area (Å²) >= 11 is 0. The van der Waals surface area contributed by atoms with E-state index in [2.05, 4.69) is 16.0 Å². The van der Waals surface area contributed by atoms with Gasteiger partial charge in [-0.3, -0.25) is 9.67 Å². The van der Waals surface area contributed by atoms with Crippen LogP contribution in [0.2, 0.25) is 0 Å². The molecule has 2 aromatic heterocycles. The number of rotatable bonds is 0. The van der Waals surface area contributed by atoms with E-state index >= 15 is 0 Å². The van der Waals surface area contributed by atoms with E-state index in [1.165, 1.54) is 0 Å². The predicted molar refractivity (Wildman–Crippen MR) is 55.9 cm³/mol. The van der Waals surface area contributed by atoms with E-state index < -0.39 is 0 Å². The van der Waals surface area contributed by atoms with Crippen LogP contribution in [0.25, 0.3) is 10.9 Å². The van der Waals surface area contributed by atoms with Crippen molar-refractivity contribution >= 4 is 10.9 Å². The van der Waals surface area contributed by atoms with Gasteiger partial charge in [0.2, 0.25) is 0 Å². The van der Waals surface area contributed by atoms with Gasteiger partial charge >= 0.3 is 0 Å². The Balaban J connectivity index is 3.04. The molecule has 0 radical (unpaired) electrons. The van der Waals surface area contributed by atoms with Gasteiger partial charge in [0.05, 0.1) is 11.2 Å². The maximum Gasteiger partial charge on any atom is 0.143 e. The molecule has 0 amide bonds. The van der Waals surface area contributed by atoms with Crippen LogP contribution >= 0.6 is 0 Å². The lowest BCUT2D eigenvalue weighted by molar-refractivity contribution is 0.787. The first-order valence-electron chi connectivity index (χ1n) is 4.40. The van der Waals surface area contributed by atoms with Gasteiger partial charge in [-0.05, 0) is 25.3 Å². The highest BCUT2D eigenvalue weighted by Gasteiger charge is 2.11. The molecule has 0 unspecified atom stereocenters. The van der Waals surface area contributed by atoms with Crippen LogP contribution in [-0.2, 0) is 7.05 Å². The van der Waals surface area contributed by atoms with E-state index in [0.717, 1.165) is 22.2 Å². The van der Waals surface area contributed by atoms with Crippen LogP contribution in [0, 0.1) is 26.2 Å². The quantitative estimate of drug-likeness (QED) is 0.583. The number of terminal acetylenes is 1. The topological polar surface area (TPSA) is 30.7 Å². The summed E-state index contributed by atoms with van der Waals surface area (Å²) in [5.74, 6) is 2.60. The van der Waals surface area contributed by atoms with Crippen molar-refractivity contribution in [2.24, 2.45) is 7.05 Å². The van der Waals surface area contributed by atoms with Crippen LogP contribution < -0.4 is 0 Å². The minimum atomic E-state index is 0.700. The van der Waals surface area contributed by atoms with Crippen molar-refractivity contribution < 1.29 is 0 Å². The van der Waals surface area contributed by atoms with Crippen molar-refractivity contribution in [3.8, 4) is 12.3 Å². The molecule has 70 valence electrons. The maximum absolute atomic E-state index is 5.40. The minimum Gasteiger partial charge on any atom is -0.265 e. The van der Waals surface area contributed by atoms with Gasteiger partial charge in [0.1, 0.15) is 5.69 Å². The smallest absolute Gasteiger partial charge is 0.143 e. The Bertz CT molecular complexity index is 544. The molecule has 2 rings (SSSR count). The highest BCUT2D eigenvalue weighted by atomic mass is 15.3. The van der Waals surface area contributed by atoms with Gasteiger partial charge in [-0.1, -0.05) is 0 Å². The van der Waals surface area contributed by atoms with Gasteiger partial charge in [0.15, 0.2) is 0 Å². The summed E-state index contributed by atoms with van der Waals surface area (Å²) in [6.45, 7) is 3.96. The lowest BCUT2D eigenvalue weighted by Gasteiger charge is -2.00. The fourth-order valence-electron chi connectivity index (χ4n) is 1.73. The van der Waals surface area contributed by atoms with E-state index in [-0.39, 0.29) is 0 Å². The molecule has 2 aromatic rings. The molecule has 0 saturated heterocycles. The average Bonchev–Trinajstić information content (AvgIpc) is 2.50. The van der Waals surface area contributed by atoms with E-state index in [9.17, 15) is 0 Å². The zero-order chi connectivity index (χ0) is 10.3. The standard InChI is InChI=1S/C11H11N3/c1-5-9-10-7(2)6-12-8(3)11(10)14(4)13-9/h1,6H,2-4H3. The number of fused-ring (bicyclic) bond motifs is 1. The van der Waals surface area contributed by atoms with Crippen LogP contribution in [0.4, 0.5) is 0 Å². The Hall–Kier alpha value is -1.82. The third kappa shape index (κ3) is 1.01. The van der Waals surface area contributed by atoms with Crippen molar-refractivity contribution in [2.75, 3.05) is 0 Å². The molecule has 0 aliphatic heterocycles. The minimum absolute atomic E-state index is 0.700. The summed E-state index contributed by atoms with van der Waals surface area (Å²) in [6, 6.07) is 0. The van der Waals surface area contributed by atoms with E-state index in [4.69, 9.17) is 6.42 Å². The van der Waals surface area contributed by atoms with Crippen molar-refractivity contribution in [2.45, 2.75) is 13.8 Å². The monoisotopic (exact) mass is 185 g/mol. The maximum atomic E-state index is 5.40. The van der Waals surface area contributed by atoms with Gasteiger partial charge < -0.3 is 0 Å². The molecule has 0 aliphatic rings. The SMILES string of the molecule is C#Cc1nn(C)c2c(C)ncc(C)c12. The number of hydrogen-bond donors (Lipinski definition) is 0. The molecule has 3 heteroatoms. The normalized spacial score (nSPS) is 10.4. The molecule has 0 bridgehead atoms. The molecule has 0 saturated carbocycles. The summed E-state index contributed by atoms with van der Waals surface area (Å²) in [4.78, 5) is 4.29. The van der Waals surface area contributed by atoms with Crippen LogP contribution in [0.1, 0.15) is 17.0 Å². The summed E-state index contributed by atoms with van der Waals surface area (Å²) in [7, 11) is 1.89. The lowest BCUT2D eigenvalue weighted by Crippen LogP contribution is -1.93. The van der Waals surface area contributed by atoms with Crippen molar-refractivity contribution in [1.29, 1.82) is 0 Å². The molecule has 0 fully saturated rings. The molecular weight excluding hydrogens is 174 g/mol. The van der Waals surface area contributed by atoms with Crippen LogP contribution in [0.5, 0.6) is 0 Å². The fraction of sp³-hybridized carbons (Fsp3) is 0.273. The Kier molecular flexibility index (Phi) is 1.78. The largest absolute Gasteiger partial charge is 0.265 e. The Morgan fingerprint density at radius 3 is 2.79 bits per heavy atom. The van der Waals surface area contributed by atoms with E-state index in [0.29, 0.717) is 5.69 Å². The molecule has 0 aliphatic carbocycles. The molecule has 0 spiro atoms. The second-order valence-corrected chi connectivity index (χ2v) is 3.37. The Morgan fingerprint density at radius 2 is 2.14 bits per heavy atom. The molecule has 14 heavy (non-hydrogen) atoms. The third-order valence-electron chi connectivity index (χ3n) is 2.37. The van der Waals surface area contributed by atoms with Gasteiger partial charge in [-0.25, -0.2) is 0 Å². The zero-order valence-corrected chi connectivity index (χ0v) is 8.50. The molecule has 0 atom stereocenters. The van der Waals surface area contributed by atoms with Crippen molar-refractivity contribution in [3.05, 3.63) is 23.1 Å². The lowest BCUT2D eigenvalue weighted by atomic mass is 10.1. The molecule has 0 N–H and O–H groups in total. The first-order valence-corrected chi connectivity index (χ1v) is 4.40. The number of pyridine rings is 1. The summed E-state index contributed by atoms with van der Waals surface area (Å²) in [5.41, 5.74) is 3.76. The van der Waals surface area contributed by atoms with Gasteiger partial charge in [0, 0.05) is 18.6 Å². The number of nitrogens with zero attached hydrogens (tertiary/aromatic N) is 3. The first-order chi connectivity index (χ1) is 6.65. The van der Waals surface area contributed by atoms with E-state index in [1.807, 2.05) is 27.1 Å². The number of hydrogen-bond acceptors (Lipinski definition) is 2. The van der Waals surface area contributed by atoms with Crippen LogP contribution in [-0.4, -0.2) is 14.8 Å². The van der Waals surface area contributed by atoms with Gasteiger partial charge in [-0.15, -0.1) is 6.42 Å². The first kappa shape index (κ1) is 8.76. The second-order valence-electron chi connectivity index (χ2n) is 3.37. The molecule has 0 aromatic carbocycles. The molecule has 3 nitrogen and oxygen atoms in total. The van der Waals surface area contributed by atoms with Gasteiger partial charge in [0.25, 0.3) is 0 Å². The Labute approximate surface area is 82.8 Å². The van der Waals surface area contributed by atoms with Crippen LogP contribution in [0.15, 0.2) is 6.20 Å². The molecular formula is C11H11N3. The average molecular weight is 185 g/mol. The van der Waals surface area contributed by atoms with Crippen molar-refractivity contribution in [1.82, 2.24) is 14.8 Å². The number of aryl methyl sites for hydroxylation is 3.